The minimum Gasteiger partial charge on any atom is -0.379 e. The van der Waals surface area contributed by atoms with Gasteiger partial charge in [-0.15, -0.1) is 12.4 Å². The quantitative estimate of drug-likeness (QED) is 0.925. The highest BCUT2D eigenvalue weighted by Gasteiger charge is 2.12. The molecule has 0 spiro atoms. The van der Waals surface area contributed by atoms with E-state index in [2.05, 4.69) is 29.2 Å². The third kappa shape index (κ3) is 4.15. The highest BCUT2D eigenvalue weighted by Crippen LogP contribution is 2.26. The first kappa shape index (κ1) is 18.5. The smallest absolute Gasteiger partial charge is 0.248 e. The maximum atomic E-state index is 11.5. The SMILES string of the molecule is Cc1c(C(N)=O)cccc1-c1ccc(CN2CCOCC2)cc1.Cl. The van der Waals surface area contributed by atoms with E-state index in [1.165, 1.54) is 5.56 Å². The number of primary amides is 1. The summed E-state index contributed by atoms with van der Waals surface area (Å²) in [7, 11) is 0. The largest absolute Gasteiger partial charge is 0.379 e. The van der Waals surface area contributed by atoms with Crippen LogP contribution in [0, 0.1) is 6.92 Å². The number of carbonyl (C=O) groups is 1. The molecule has 0 atom stereocenters. The van der Waals surface area contributed by atoms with Crippen LogP contribution in [0.3, 0.4) is 0 Å². The molecule has 3 rings (SSSR count). The Kier molecular flexibility index (Phi) is 6.37. The lowest BCUT2D eigenvalue weighted by atomic mass is 9.95. The fourth-order valence-electron chi connectivity index (χ4n) is 3.02. The lowest BCUT2D eigenvalue weighted by Crippen LogP contribution is -2.35. The van der Waals surface area contributed by atoms with E-state index < -0.39 is 0 Å². The molecule has 0 aliphatic carbocycles. The molecule has 128 valence electrons. The Morgan fingerprint density at radius 3 is 2.42 bits per heavy atom. The summed E-state index contributed by atoms with van der Waals surface area (Å²) < 4.78 is 5.38. The second-order valence-corrected chi connectivity index (χ2v) is 5.93. The maximum Gasteiger partial charge on any atom is 0.248 e. The van der Waals surface area contributed by atoms with Gasteiger partial charge in [0.05, 0.1) is 13.2 Å². The van der Waals surface area contributed by atoms with E-state index in [-0.39, 0.29) is 18.3 Å². The van der Waals surface area contributed by atoms with Crippen LogP contribution in [0.4, 0.5) is 0 Å². The maximum absolute atomic E-state index is 11.5. The van der Waals surface area contributed by atoms with Gasteiger partial charge in [0.15, 0.2) is 0 Å². The van der Waals surface area contributed by atoms with E-state index in [1.807, 2.05) is 19.1 Å². The summed E-state index contributed by atoms with van der Waals surface area (Å²) in [6.07, 6.45) is 0. The minimum absolute atomic E-state index is 0. The fraction of sp³-hybridized carbons (Fsp3) is 0.316. The molecule has 4 nitrogen and oxygen atoms in total. The third-order valence-electron chi connectivity index (χ3n) is 4.37. The molecule has 2 N–H and O–H groups in total. The van der Waals surface area contributed by atoms with Crippen molar-refractivity contribution in [3.05, 3.63) is 59.2 Å². The number of hydrogen-bond donors (Lipinski definition) is 1. The average Bonchev–Trinajstić information content (AvgIpc) is 2.57. The van der Waals surface area contributed by atoms with Crippen LogP contribution in [0.1, 0.15) is 21.5 Å². The van der Waals surface area contributed by atoms with Gasteiger partial charge in [0, 0.05) is 25.2 Å². The predicted molar refractivity (Wildman–Crippen MR) is 98.5 cm³/mol. The van der Waals surface area contributed by atoms with E-state index in [1.54, 1.807) is 6.07 Å². The van der Waals surface area contributed by atoms with E-state index in [9.17, 15) is 4.79 Å². The summed E-state index contributed by atoms with van der Waals surface area (Å²) >= 11 is 0. The topological polar surface area (TPSA) is 55.6 Å². The molecule has 1 amide bonds. The van der Waals surface area contributed by atoms with Crippen LogP contribution >= 0.6 is 12.4 Å². The zero-order chi connectivity index (χ0) is 16.2. The van der Waals surface area contributed by atoms with Crippen LogP contribution in [-0.2, 0) is 11.3 Å². The Labute approximate surface area is 149 Å². The summed E-state index contributed by atoms with van der Waals surface area (Å²) in [6.45, 7) is 6.50. The van der Waals surface area contributed by atoms with Gasteiger partial charge in [-0.3, -0.25) is 9.69 Å². The van der Waals surface area contributed by atoms with Gasteiger partial charge >= 0.3 is 0 Å². The second-order valence-electron chi connectivity index (χ2n) is 5.93. The van der Waals surface area contributed by atoms with Crippen molar-refractivity contribution in [3.8, 4) is 11.1 Å². The number of morpholine rings is 1. The van der Waals surface area contributed by atoms with E-state index >= 15 is 0 Å². The van der Waals surface area contributed by atoms with Crippen LogP contribution in [0.2, 0.25) is 0 Å². The molecule has 2 aromatic carbocycles. The van der Waals surface area contributed by atoms with Crippen molar-refractivity contribution in [2.45, 2.75) is 13.5 Å². The molecule has 0 aromatic heterocycles. The molecule has 0 radical (unpaired) electrons. The second kappa shape index (κ2) is 8.29. The molecular formula is C19H23ClN2O2. The van der Waals surface area contributed by atoms with Crippen molar-refractivity contribution in [1.82, 2.24) is 4.90 Å². The van der Waals surface area contributed by atoms with Crippen molar-refractivity contribution >= 4 is 18.3 Å². The predicted octanol–water partition coefficient (Wildman–Crippen LogP) is 3.01. The number of carbonyl (C=O) groups excluding carboxylic acids is 1. The molecule has 5 heteroatoms. The lowest BCUT2D eigenvalue weighted by molar-refractivity contribution is 0.0342. The molecule has 1 heterocycles. The third-order valence-corrected chi connectivity index (χ3v) is 4.37. The first-order valence-corrected chi connectivity index (χ1v) is 7.94. The highest BCUT2D eigenvalue weighted by molar-refractivity contribution is 5.96. The summed E-state index contributed by atoms with van der Waals surface area (Å²) in [5, 5.41) is 0. The number of amides is 1. The Morgan fingerprint density at radius 1 is 1.12 bits per heavy atom. The molecule has 1 fully saturated rings. The zero-order valence-corrected chi connectivity index (χ0v) is 14.6. The van der Waals surface area contributed by atoms with Gasteiger partial charge < -0.3 is 10.5 Å². The first-order valence-electron chi connectivity index (χ1n) is 7.94. The van der Waals surface area contributed by atoms with Gasteiger partial charge in [-0.2, -0.15) is 0 Å². The van der Waals surface area contributed by atoms with E-state index in [0.29, 0.717) is 5.56 Å². The molecular weight excluding hydrogens is 324 g/mol. The van der Waals surface area contributed by atoms with Crippen LogP contribution in [0.15, 0.2) is 42.5 Å². The monoisotopic (exact) mass is 346 g/mol. The number of nitrogens with zero attached hydrogens (tertiary/aromatic N) is 1. The Morgan fingerprint density at radius 2 is 1.79 bits per heavy atom. The van der Waals surface area contributed by atoms with Crippen LogP contribution in [0.5, 0.6) is 0 Å². The zero-order valence-electron chi connectivity index (χ0n) is 13.8. The number of rotatable bonds is 4. The van der Waals surface area contributed by atoms with Crippen molar-refractivity contribution in [2.75, 3.05) is 26.3 Å². The van der Waals surface area contributed by atoms with E-state index in [4.69, 9.17) is 10.5 Å². The van der Waals surface area contributed by atoms with E-state index in [0.717, 1.165) is 49.5 Å². The molecule has 1 aliphatic heterocycles. The molecule has 24 heavy (non-hydrogen) atoms. The number of nitrogens with two attached hydrogens (primary N) is 1. The normalized spacial score (nSPS) is 14.9. The molecule has 2 aromatic rings. The fourth-order valence-corrected chi connectivity index (χ4v) is 3.02. The summed E-state index contributed by atoms with van der Waals surface area (Å²) in [5.41, 5.74) is 10.4. The average molecular weight is 347 g/mol. The van der Waals surface area contributed by atoms with Crippen LogP contribution in [-0.4, -0.2) is 37.1 Å². The molecule has 1 aliphatic rings. The van der Waals surface area contributed by atoms with Gasteiger partial charge in [0.25, 0.3) is 0 Å². The van der Waals surface area contributed by atoms with Gasteiger partial charge in [0.2, 0.25) is 5.91 Å². The first-order chi connectivity index (χ1) is 11.1. The number of ether oxygens (including phenoxy) is 1. The Balaban J connectivity index is 0.00000208. The standard InChI is InChI=1S/C19H22N2O2.ClH/c1-14-17(3-2-4-18(14)19(20)22)16-7-5-15(6-8-16)13-21-9-11-23-12-10-21;/h2-8H,9-13H2,1H3,(H2,20,22);1H. The van der Waals surface area contributed by atoms with Gasteiger partial charge in [0.1, 0.15) is 0 Å². The van der Waals surface area contributed by atoms with Crippen molar-refractivity contribution in [3.63, 3.8) is 0 Å². The van der Waals surface area contributed by atoms with Gasteiger partial charge in [-0.05, 0) is 35.2 Å². The van der Waals surface area contributed by atoms with Gasteiger partial charge in [-0.1, -0.05) is 36.4 Å². The van der Waals surface area contributed by atoms with Gasteiger partial charge in [-0.25, -0.2) is 0 Å². The highest BCUT2D eigenvalue weighted by atomic mass is 35.5. The van der Waals surface area contributed by atoms with Crippen molar-refractivity contribution < 1.29 is 9.53 Å². The Hall–Kier alpha value is -1.88. The summed E-state index contributed by atoms with van der Waals surface area (Å²) in [5.74, 6) is -0.381. The van der Waals surface area contributed by atoms with Crippen molar-refractivity contribution in [2.24, 2.45) is 5.73 Å². The summed E-state index contributed by atoms with van der Waals surface area (Å²) in [4.78, 5) is 13.9. The number of benzene rings is 2. The molecule has 0 unspecified atom stereocenters. The Bertz CT molecular complexity index is 695. The number of hydrogen-bond acceptors (Lipinski definition) is 3. The lowest BCUT2D eigenvalue weighted by Gasteiger charge is -2.26. The minimum atomic E-state index is -0.381. The molecule has 1 saturated heterocycles. The van der Waals surface area contributed by atoms with Crippen molar-refractivity contribution in [1.29, 1.82) is 0 Å². The molecule has 0 bridgehead atoms. The van der Waals surface area contributed by atoms with Crippen LogP contribution < -0.4 is 5.73 Å². The number of halogens is 1. The van der Waals surface area contributed by atoms with Crippen LogP contribution in [0.25, 0.3) is 11.1 Å². The molecule has 0 saturated carbocycles. The summed E-state index contributed by atoms with van der Waals surface area (Å²) in [6, 6.07) is 14.2.